The van der Waals surface area contributed by atoms with Gasteiger partial charge in [-0.3, -0.25) is 4.40 Å². The van der Waals surface area contributed by atoms with Crippen molar-refractivity contribution in [2.24, 2.45) is 0 Å². The SMILES string of the molecule is Brc1cn2c(CNCCc3ncon3)cnc2cn1. The second kappa shape index (κ2) is 5.45. The largest absolute Gasteiger partial charge is 0.343 e. The van der Waals surface area contributed by atoms with Crippen LogP contribution >= 0.6 is 15.9 Å². The van der Waals surface area contributed by atoms with E-state index in [2.05, 4.69) is 45.9 Å². The molecule has 0 radical (unpaired) electrons. The molecule has 0 aliphatic rings. The Hall–Kier alpha value is -1.80. The van der Waals surface area contributed by atoms with Gasteiger partial charge in [0, 0.05) is 25.7 Å². The van der Waals surface area contributed by atoms with Crippen molar-refractivity contribution >= 4 is 21.6 Å². The van der Waals surface area contributed by atoms with Crippen LogP contribution in [0.5, 0.6) is 0 Å². The van der Waals surface area contributed by atoms with Gasteiger partial charge in [0.15, 0.2) is 11.5 Å². The van der Waals surface area contributed by atoms with E-state index in [0.29, 0.717) is 5.82 Å². The third kappa shape index (κ3) is 2.79. The van der Waals surface area contributed by atoms with Crippen molar-refractivity contribution in [1.82, 2.24) is 29.8 Å². The smallest absolute Gasteiger partial charge is 0.213 e. The van der Waals surface area contributed by atoms with Gasteiger partial charge in [-0.1, -0.05) is 5.16 Å². The molecule has 3 rings (SSSR count). The fraction of sp³-hybridized carbons (Fsp3) is 0.273. The molecule has 19 heavy (non-hydrogen) atoms. The fourth-order valence-corrected chi connectivity index (χ4v) is 2.07. The highest BCUT2D eigenvalue weighted by molar-refractivity contribution is 9.10. The Morgan fingerprint density at radius 2 is 2.21 bits per heavy atom. The van der Waals surface area contributed by atoms with Gasteiger partial charge in [-0.15, -0.1) is 0 Å². The first-order valence-corrected chi connectivity index (χ1v) is 6.55. The average Bonchev–Trinajstić information content (AvgIpc) is 3.04. The van der Waals surface area contributed by atoms with Gasteiger partial charge in [0.05, 0.1) is 18.1 Å². The maximum atomic E-state index is 4.67. The Labute approximate surface area is 117 Å². The van der Waals surface area contributed by atoms with Gasteiger partial charge in [0.2, 0.25) is 6.39 Å². The van der Waals surface area contributed by atoms with Crippen LogP contribution in [0.25, 0.3) is 5.65 Å². The highest BCUT2D eigenvalue weighted by atomic mass is 79.9. The minimum absolute atomic E-state index is 0.706. The summed E-state index contributed by atoms with van der Waals surface area (Å²) >= 11 is 3.35. The average molecular weight is 323 g/mol. The molecule has 0 saturated carbocycles. The first-order valence-electron chi connectivity index (χ1n) is 5.76. The zero-order valence-corrected chi connectivity index (χ0v) is 11.5. The number of nitrogens with one attached hydrogen (secondary N) is 1. The third-order valence-corrected chi connectivity index (χ3v) is 3.09. The zero-order valence-electron chi connectivity index (χ0n) is 9.95. The van der Waals surface area contributed by atoms with E-state index in [4.69, 9.17) is 0 Å². The van der Waals surface area contributed by atoms with Crippen molar-refractivity contribution in [1.29, 1.82) is 0 Å². The summed E-state index contributed by atoms with van der Waals surface area (Å²) in [6.45, 7) is 1.49. The number of aromatic nitrogens is 5. The topological polar surface area (TPSA) is 81.1 Å². The molecular weight excluding hydrogens is 312 g/mol. The summed E-state index contributed by atoms with van der Waals surface area (Å²) in [5, 5.41) is 7.07. The van der Waals surface area contributed by atoms with Crippen LogP contribution in [0.3, 0.4) is 0 Å². The van der Waals surface area contributed by atoms with E-state index < -0.39 is 0 Å². The second-order valence-corrected chi connectivity index (χ2v) is 4.77. The predicted octanol–water partition coefficient (Wildman–Crippen LogP) is 1.21. The molecule has 0 saturated heterocycles. The summed E-state index contributed by atoms with van der Waals surface area (Å²) in [4.78, 5) is 12.4. The lowest BCUT2D eigenvalue weighted by atomic mass is 10.4. The summed E-state index contributed by atoms with van der Waals surface area (Å²) in [6.07, 6.45) is 7.54. The minimum Gasteiger partial charge on any atom is -0.343 e. The first-order chi connectivity index (χ1) is 9.33. The van der Waals surface area contributed by atoms with Crippen molar-refractivity contribution in [3.8, 4) is 0 Å². The first kappa shape index (κ1) is 12.2. The van der Waals surface area contributed by atoms with Gasteiger partial charge >= 0.3 is 0 Å². The Morgan fingerprint density at radius 3 is 3.05 bits per heavy atom. The van der Waals surface area contributed by atoms with Crippen LogP contribution < -0.4 is 5.32 Å². The molecule has 7 nitrogen and oxygen atoms in total. The van der Waals surface area contributed by atoms with Gasteiger partial charge in [-0.25, -0.2) is 9.97 Å². The molecule has 0 bridgehead atoms. The number of hydrogen-bond acceptors (Lipinski definition) is 6. The van der Waals surface area contributed by atoms with Crippen molar-refractivity contribution in [2.45, 2.75) is 13.0 Å². The third-order valence-electron chi connectivity index (χ3n) is 2.68. The van der Waals surface area contributed by atoms with Gasteiger partial charge in [0.25, 0.3) is 0 Å². The Bertz CT molecular complexity index is 665. The monoisotopic (exact) mass is 322 g/mol. The van der Waals surface area contributed by atoms with Crippen LogP contribution in [0.15, 0.2) is 34.1 Å². The summed E-state index contributed by atoms with van der Waals surface area (Å²) in [5.74, 6) is 0.706. The highest BCUT2D eigenvalue weighted by Gasteiger charge is 2.04. The molecule has 98 valence electrons. The zero-order chi connectivity index (χ0) is 13.1. The Kier molecular flexibility index (Phi) is 3.51. The van der Waals surface area contributed by atoms with E-state index in [1.54, 1.807) is 6.20 Å². The molecular formula is C11H11BrN6O. The van der Waals surface area contributed by atoms with Crippen LogP contribution in [0, 0.1) is 0 Å². The van der Waals surface area contributed by atoms with Crippen molar-refractivity contribution in [3.05, 3.63) is 41.1 Å². The molecule has 0 fully saturated rings. The molecule has 0 unspecified atom stereocenters. The molecule has 0 aromatic carbocycles. The molecule has 0 amide bonds. The number of nitrogens with zero attached hydrogens (tertiary/aromatic N) is 5. The Morgan fingerprint density at radius 1 is 1.26 bits per heavy atom. The molecule has 1 N–H and O–H groups in total. The second-order valence-electron chi connectivity index (χ2n) is 3.96. The lowest BCUT2D eigenvalue weighted by Crippen LogP contribution is -2.18. The van der Waals surface area contributed by atoms with E-state index in [9.17, 15) is 0 Å². The van der Waals surface area contributed by atoms with Crippen LogP contribution in [-0.2, 0) is 13.0 Å². The molecule has 8 heteroatoms. The van der Waals surface area contributed by atoms with Crippen LogP contribution in [-0.4, -0.2) is 31.1 Å². The fourth-order valence-electron chi connectivity index (χ4n) is 1.77. The minimum atomic E-state index is 0.706. The van der Waals surface area contributed by atoms with Crippen molar-refractivity contribution in [3.63, 3.8) is 0 Å². The van der Waals surface area contributed by atoms with Gasteiger partial charge in [-0.05, 0) is 15.9 Å². The van der Waals surface area contributed by atoms with Crippen molar-refractivity contribution in [2.75, 3.05) is 6.54 Å². The number of halogens is 1. The molecule has 3 aromatic rings. The normalized spacial score (nSPS) is 11.2. The van der Waals surface area contributed by atoms with E-state index in [0.717, 1.165) is 35.5 Å². The summed E-state index contributed by atoms with van der Waals surface area (Å²) in [6, 6.07) is 0. The lowest BCUT2D eigenvalue weighted by molar-refractivity contribution is 0.409. The lowest BCUT2D eigenvalue weighted by Gasteiger charge is -2.03. The molecule has 3 aromatic heterocycles. The molecule has 0 spiro atoms. The molecule has 3 heterocycles. The van der Waals surface area contributed by atoms with Crippen LogP contribution in [0.4, 0.5) is 0 Å². The quantitative estimate of drug-likeness (QED) is 0.711. The number of fused-ring (bicyclic) bond motifs is 1. The van der Waals surface area contributed by atoms with E-state index in [1.165, 1.54) is 6.39 Å². The van der Waals surface area contributed by atoms with Crippen LogP contribution in [0.2, 0.25) is 0 Å². The van der Waals surface area contributed by atoms with Crippen molar-refractivity contribution < 1.29 is 4.52 Å². The predicted molar refractivity (Wildman–Crippen MR) is 70.4 cm³/mol. The summed E-state index contributed by atoms with van der Waals surface area (Å²) < 4.78 is 7.45. The number of imidazole rings is 1. The van der Waals surface area contributed by atoms with Gasteiger partial charge in [-0.2, -0.15) is 4.98 Å². The van der Waals surface area contributed by atoms with Gasteiger partial charge in [0.1, 0.15) is 4.60 Å². The maximum absolute atomic E-state index is 4.67. The van der Waals surface area contributed by atoms with E-state index in [1.807, 2.05) is 16.8 Å². The van der Waals surface area contributed by atoms with Crippen LogP contribution in [0.1, 0.15) is 11.5 Å². The highest BCUT2D eigenvalue weighted by Crippen LogP contribution is 2.10. The summed E-state index contributed by atoms with van der Waals surface area (Å²) in [7, 11) is 0. The van der Waals surface area contributed by atoms with Gasteiger partial charge < -0.3 is 9.84 Å². The maximum Gasteiger partial charge on any atom is 0.213 e. The van der Waals surface area contributed by atoms with E-state index in [-0.39, 0.29) is 0 Å². The Balaban J connectivity index is 1.60. The molecule has 0 aliphatic heterocycles. The number of hydrogen-bond donors (Lipinski definition) is 1. The number of rotatable bonds is 5. The summed E-state index contributed by atoms with van der Waals surface area (Å²) in [5.41, 5.74) is 1.91. The molecule has 0 atom stereocenters. The van der Waals surface area contributed by atoms with E-state index >= 15 is 0 Å². The standard InChI is InChI=1S/C11H11BrN6O/c12-9-6-18-8(4-15-11(18)5-14-9)3-13-2-1-10-16-7-19-17-10/h4-7,13H,1-3H2. The molecule has 0 aliphatic carbocycles.